The number of esters is 1. The van der Waals surface area contributed by atoms with Crippen molar-refractivity contribution in [3.05, 3.63) is 68.7 Å². The van der Waals surface area contributed by atoms with Crippen molar-refractivity contribution in [2.24, 2.45) is 0 Å². The van der Waals surface area contributed by atoms with Gasteiger partial charge in [0.1, 0.15) is 10.3 Å². The zero-order valence-corrected chi connectivity index (χ0v) is 18.9. The molecule has 2 aromatic carbocycles. The molecule has 2 rings (SSSR count). The molecular formula is C19H21ClN2O6S2. The van der Waals surface area contributed by atoms with Gasteiger partial charge in [-0.25, -0.2) is 13.1 Å². The zero-order valence-electron chi connectivity index (χ0n) is 16.5. The van der Waals surface area contributed by atoms with Gasteiger partial charge in [0, 0.05) is 6.07 Å². The number of sulfonamides is 1. The molecule has 0 aromatic heterocycles. The number of nitro groups is 1. The number of carbonyl (C=O) groups excluding carboxylic acids is 1. The second-order valence-corrected chi connectivity index (χ2v) is 9.39. The highest BCUT2D eigenvalue weighted by Crippen LogP contribution is 2.33. The molecule has 0 spiro atoms. The quantitative estimate of drug-likeness (QED) is 0.334. The van der Waals surface area contributed by atoms with Gasteiger partial charge in [-0.2, -0.15) is 0 Å². The molecule has 0 radical (unpaired) electrons. The minimum Gasteiger partial charge on any atom is -0.465 e. The summed E-state index contributed by atoms with van der Waals surface area (Å²) < 4.78 is 33.5. The van der Waals surface area contributed by atoms with Gasteiger partial charge in [-0.05, 0) is 43.9 Å². The maximum Gasteiger partial charge on any atom is 0.321 e. The van der Waals surface area contributed by atoms with Crippen LogP contribution in [0.25, 0.3) is 0 Å². The molecule has 0 aliphatic rings. The predicted octanol–water partition coefficient (Wildman–Crippen LogP) is 3.87. The monoisotopic (exact) mass is 472 g/mol. The maximum atomic E-state index is 13.0. The first kappa shape index (κ1) is 24.1. The van der Waals surface area contributed by atoms with Crippen molar-refractivity contribution in [1.82, 2.24) is 4.72 Å². The molecule has 0 saturated carbocycles. The van der Waals surface area contributed by atoms with E-state index in [9.17, 15) is 23.3 Å². The topological polar surface area (TPSA) is 116 Å². The fourth-order valence-corrected chi connectivity index (χ4v) is 4.98. The first-order chi connectivity index (χ1) is 14.1. The Balaban J connectivity index is 2.56. The van der Waals surface area contributed by atoms with Gasteiger partial charge in [-0.1, -0.05) is 35.4 Å². The van der Waals surface area contributed by atoms with Gasteiger partial charge in [0.15, 0.2) is 0 Å². The van der Waals surface area contributed by atoms with Crippen molar-refractivity contribution in [3.8, 4) is 0 Å². The molecule has 8 nitrogen and oxygen atoms in total. The molecule has 1 N–H and O–H groups in total. The molecule has 0 fully saturated rings. The van der Waals surface area contributed by atoms with E-state index in [1.54, 1.807) is 25.3 Å². The molecule has 30 heavy (non-hydrogen) atoms. The Morgan fingerprint density at radius 3 is 2.43 bits per heavy atom. The van der Waals surface area contributed by atoms with Crippen molar-refractivity contribution < 1.29 is 22.9 Å². The number of hydrogen-bond donors (Lipinski definition) is 1. The van der Waals surface area contributed by atoms with E-state index in [-0.39, 0.29) is 22.1 Å². The number of nitro benzene ring substituents is 1. The van der Waals surface area contributed by atoms with E-state index in [1.807, 2.05) is 6.92 Å². The van der Waals surface area contributed by atoms with Crippen LogP contribution in [0.4, 0.5) is 5.69 Å². The van der Waals surface area contributed by atoms with Crippen molar-refractivity contribution in [1.29, 1.82) is 0 Å². The van der Waals surface area contributed by atoms with E-state index in [4.69, 9.17) is 16.3 Å². The minimum absolute atomic E-state index is 0.00488. The van der Waals surface area contributed by atoms with Crippen LogP contribution >= 0.6 is 23.4 Å². The number of nitrogens with one attached hydrogen (secondary N) is 1. The Kier molecular flexibility index (Phi) is 8.25. The third-order valence-electron chi connectivity index (χ3n) is 4.21. The SMILES string of the molecule is CCOC(=O)[C@H](SC)[C@H](NS(=O)(=O)c1ccc(C)cc1)c1ccc(Cl)c([N+](=O)[O-])c1. The lowest BCUT2D eigenvalue weighted by Gasteiger charge is -2.25. The van der Waals surface area contributed by atoms with Crippen molar-refractivity contribution >= 4 is 45.0 Å². The molecule has 2 atom stereocenters. The van der Waals surface area contributed by atoms with E-state index in [2.05, 4.69) is 4.72 Å². The van der Waals surface area contributed by atoms with Crippen molar-refractivity contribution in [2.45, 2.75) is 30.0 Å². The van der Waals surface area contributed by atoms with Gasteiger partial charge < -0.3 is 4.74 Å². The largest absolute Gasteiger partial charge is 0.465 e. The van der Waals surface area contributed by atoms with Gasteiger partial charge in [-0.3, -0.25) is 14.9 Å². The van der Waals surface area contributed by atoms with Gasteiger partial charge in [0.05, 0.1) is 22.5 Å². The Labute approximate surface area is 184 Å². The van der Waals surface area contributed by atoms with Crippen LogP contribution in [0.5, 0.6) is 0 Å². The Bertz CT molecular complexity index is 1030. The van der Waals surface area contributed by atoms with Crippen LogP contribution in [0.2, 0.25) is 5.02 Å². The molecule has 0 heterocycles. The highest BCUT2D eigenvalue weighted by Gasteiger charge is 2.35. The standard InChI is InChI=1S/C19H21ClN2O6S2/c1-4-28-19(23)18(29-3)17(13-7-10-15(20)16(11-13)22(24)25)21-30(26,27)14-8-5-12(2)6-9-14/h5-11,17-18,21H,4H2,1-3H3/t17-,18-/m1/s1. The zero-order chi connectivity index (χ0) is 22.5. The number of hydrogen-bond acceptors (Lipinski definition) is 7. The number of ether oxygens (including phenoxy) is 1. The predicted molar refractivity (Wildman–Crippen MR) is 116 cm³/mol. The number of nitrogens with zero attached hydrogens (tertiary/aromatic N) is 1. The van der Waals surface area contributed by atoms with Crippen LogP contribution in [0.1, 0.15) is 24.1 Å². The highest BCUT2D eigenvalue weighted by molar-refractivity contribution is 8.00. The summed E-state index contributed by atoms with van der Waals surface area (Å²) in [6, 6.07) is 8.95. The molecule has 0 unspecified atom stereocenters. The molecule has 0 amide bonds. The number of halogens is 1. The van der Waals surface area contributed by atoms with E-state index in [0.29, 0.717) is 0 Å². The molecule has 0 aliphatic heterocycles. The van der Waals surface area contributed by atoms with Crippen LogP contribution in [-0.2, 0) is 19.6 Å². The average molecular weight is 473 g/mol. The summed E-state index contributed by atoms with van der Waals surface area (Å²) in [6.07, 6.45) is 1.62. The lowest BCUT2D eigenvalue weighted by atomic mass is 10.0. The van der Waals surface area contributed by atoms with E-state index >= 15 is 0 Å². The fourth-order valence-electron chi connectivity index (χ4n) is 2.71. The van der Waals surface area contributed by atoms with Crippen molar-refractivity contribution in [3.63, 3.8) is 0 Å². The molecular weight excluding hydrogens is 452 g/mol. The van der Waals surface area contributed by atoms with Gasteiger partial charge in [-0.15, -0.1) is 11.8 Å². The normalized spacial score (nSPS) is 13.5. The molecule has 0 bridgehead atoms. The summed E-state index contributed by atoms with van der Waals surface area (Å²) in [5, 5.41) is 10.2. The second-order valence-electron chi connectivity index (χ2n) is 6.29. The third kappa shape index (κ3) is 5.72. The second kappa shape index (κ2) is 10.3. The van der Waals surface area contributed by atoms with Crippen LogP contribution in [0, 0.1) is 17.0 Å². The van der Waals surface area contributed by atoms with Crippen LogP contribution in [0.3, 0.4) is 0 Å². The minimum atomic E-state index is -4.05. The third-order valence-corrected chi connectivity index (χ3v) is 6.96. The fraction of sp³-hybridized carbons (Fsp3) is 0.316. The Morgan fingerprint density at radius 1 is 1.27 bits per heavy atom. The highest BCUT2D eigenvalue weighted by atomic mass is 35.5. The molecule has 162 valence electrons. The summed E-state index contributed by atoms with van der Waals surface area (Å²) in [4.78, 5) is 23.1. The molecule has 2 aromatic rings. The van der Waals surface area contributed by atoms with Crippen molar-refractivity contribution in [2.75, 3.05) is 12.9 Å². The maximum absolute atomic E-state index is 13.0. The summed E-state index contributed by atoms with van der Waals surface area (Å²) in [5.74, 6) is -0.640. The number of thioether (sulfide) groups is 1. The van der Waals surface area contributed by atoms with Gasteiger partial charge in [0.2, 0.25) is 10.0 Å². The van der Waals surface area contributed by atoms with Crippen LogP contribution < -0.4 is 4.72 Å². The Hall–Kier alpha value is -2.14. The van der Waals surface area contributed by atoms with E-state index in [1.165, 1.54) is 24.3 Å². The summed E-state index contributed by atoms with van der Waals surface area (Å²) in [6.45, 7) is 3.56. The summed E-state index contributed by atoms with van der Waals surface area (Å²) >= 11 is 6.96. The molecule has 0 aliphatic carbocycles. The molecule has 11 heteroatoms. The van der Waals surface area contributed by atoms with Gasteiger partial charge in [0.25, 0.3) is 5.69 Å². The number of carbonyl (C=O) groups is 1. The lowest BCUT2D eigenvalue weighted by molar-refractivity contribution is -0.384. The number of aryl methyl sites for hydroxylation is 1. The van der Waals surface area contributed by atoms with E-state index in [0.717, 1.165) is 23.4 Å². The number of benzene rings is 2. The lowest BCUT2D eigenvalue weighted by Crippen LogP contribution is -2.39. The molecule has 0 saturated heterocycles. The first-order valence-corrected chi connectivity index (χ1v) is 12.0. The number of rotatable bonds is 9. The van der Waals surface area contributed by atoms with Crippen LogP contribution in [0.15, 0.2) is 47.4 Å². The Morgan fingerprint density at radius 2 is 1.90 bits per heavy atom. The summed E-state index contributed by atoms with van der Waals surface area (Å²) in [5.41, 5.74) is 0.707. The van der Waals surface area contributed by atoms with Gasteiger partial charge >= 0.3 is 5.97 Å². The smallest absolute Gasteiger partial charge is 0.321 e. The average Bonchev–Trinajstić information content (AvgIpc) is 2.68. The summed E-state index contributed by atoms with van der Waals surface area (Å²) in [7, 11) is -4.05. The first-order valence-electron chi connectivity index (χ1n) is 8.83. The van der Waals surface area contributed by atoms with E-state index < -0.39 is 37.9 Å². The van der Waals surface area contributed by atoms with Crippen LogP contribution in [-0.4, -0.2) is 37.4 Å².